The van der Waals surface area contributed by atoms with Crippen molar-refractivity contribution in [1.82, 2.24) is 9.80 Å². The maximum absolute atomic E-state index is 12.3. The van der Waals surface area contributed by atoms with E-state index >= 15 is 0 Å². The molecule has 3 heterocycles. The van der Waals surface area contributed by atoms with Gasteiger partial charge < -0.3 is 24.0 Å². The Morgan fingerprint density at radius 3 is 2.60 bits per heavy atom. The molecule has 0 aromatic heterocycles. The lowest BCUT2D eigenvalue weighted by Gasteiger charge is -2.49. The van der Waals surface area contributed by atoms with Crippen LogP contribution in [0.3, 0.4) is 0 Å². The van der Waals surface area contributed by atoms with Crippen LogP contribution in [-0.2, 0) is 19.0 Å². The second kappa shape index (κ2) is 9.31. The summed E-state index contributed by atoms with van der Waals surface area (Å²) in [5.74, 6) is 0.0920. The van der Waals surface area contributed by atoms with E-state index in [1.165, 1.54) is 32.4 Å². The van der Waals surface area contributed by atoms with Crippen LogP contribution < -0.4 is 0 Å². The van der Waals surface area contributed by atoms with Crippen molar-refractivity contribution in [3.8, 4) is 0 Å². The fourth-order valence-electron chi connectivity index (χ4n) is 4.50. The third-order valence-electron chi connectivity index (χ3n) is 6.06. The van der Waals surface area contributed by atoms with Gasteiger partial charge in [-0.3, -0.25) is 4.79 Å². The van der Waals surface area contributed by atoms with Crippen LogP contribution in [0.4, 0.5) is 0 Å². The van der Waals surface area contributed by atoms with E-state index in [4.69, 9.17) is 14.2 Å². The van der Waals surface area contributed by atoms with Crippen LogP contribution in [0.1, 0.15) is 44.9 Å². The summed E-state index contributed by atoms with van der Waals surface area (Å²) in [6.45, 7) is 6.12. The second-order valence-electron chi connectivity index (χ2n) is 7.70. The first kappa shape index (κ1) is 19.1. The molecule has 0 bridgehead atoms. The predicted molar refractivity (Wildman–Crippen MR) is 95.6 cm³/mol. The molecule has 6 heteroatoms. The van der Waals surface area contributed by atoms with Gasteiger partial charge >= 0.3 is 0 Å². The highest BCUT2D eigenvalue weighted by atomic mass is 16.5. The molecule has 6 nitrogen and oxygen atoms in total. The maximum Gasteiger partial charge on any atom is 0.248 e. The van der Waals surface area contributed by atoms with E-state index in [0.717, 1.165) is 45.4 Å². The number of carbonyl (C=O) groups excluding carboxylic acids is 1. The summed E-state index contributed by atoms with van der Waals surface area (Å²) in [5.41, 5.74) is -0.00590. The molecule has 1 spiro atoms. The normalized spacial score (nSPS) is 27.6. The summed E-state index contributed by atoms with van der Waals surface area (Å²) < 4.78 is 16.6. The molecule has 0 aromatic rings. The first-order chi connectivity index (χ1) is 12.2. The number of nitrogens with zero attached hydrogens (tertiary/aromatic N) is 2. The third-order valence-corrected chi connectivity index (χ3v) is 6.06. The zero-order chi connectivity index (χ0) is 17.5. The number of piperidine rings is 2. The van der Waals surface area contributed by atoms with Crippen molar-refractivity contribution in [2.24, 2.45) is 0 Å². The first-order valence-corrected chi connectivity index (χ1v) is 9.95. The Hall–Kier alpha value is -0.690. The quantitative estimate of drug-likeness (QED) is 0.679. The number of carbonyl (C=O) groups is 1. The van der Waals surface area contributed by atoms with Crippen LogP contribution >= 0.6 is 0 Å². The lowest BCUT2D eigenvalue weighted by atomic mass is 9.81. The number of likely N-dealkylation sites (tertiary alicyclic amines) is 2. The van der Waals surface area contributed by atoms with Crippen LogP contribution in [0.15, 0.2) is 0 Å². The zero-order valence-corrected chi connectivity index (χ0v) is 15.7. The van der Waals surface area contributed by atoms with Crippen molar-refractivity contribution >= 4 is 5.91 Å². The Labute approximate surface area is 151 Å². The number of amides is 1. The Morgan fingerprint density at radius 1 is 1.12 bits per heavy atom. The molecule has 25 heavy (non-hydrogen) atoms. The molecule has 1 amide bonds. The van der Waals surface area contributed by atoms with E-state index in [-0.39, 0.29) is 18.1 Å². The van der Waals surface area contributed by atoms with Crippen molar-refractivity contribution in [3.05, 3.63) is 0 Å². The number of hydrogen-bond donors (Lipinski definition) is 0. The van der Waals surface area contributed by atoms with Crippen molar-refractivity contribution in [2.75, 3.05) is 59.7 Å². The maximum atomic E-state index is 12.3. The van der Waals surface area contributed by atoms with E-state index in [2.05, 4.69) is 4.90 Å². The lowest BCUT2D eigenvalue weighted by Crippen LogP contribution is -2.55. The number of methoxy groups -OCH3 is 1. The van der Waals surface area contributed by atoms with E-state index in [0.29, 0.717) is 19.3 Å². The Kier molecular flexibility index (Phi) is 7.10. The molecule has 0 aliphatic carbocycles. The minimum Gasteiger partial charge on any atom is -0.382 e. The van der Waals surface area contributed by atoms with Crippen LogP contribution in [0, 0.1) is 0 Å². The largest absolute Gasteiger partial charge is 0.382 e. The molecular formula is C19H34N2O4. The molecule has 1 unspecified atom stereocenters. The van der Waals surface area contributed by atoms with Gasteiger partial charge in [0.25, 0.3) is 0 Å². The smallest absolute Gasteiger partial charge is 0.248 e. The molecule has 3 fully saturated rings. The standard InChI is InChI=1S/C19H34N2O4/c1-23-13-14-24-16-18(22)21-10-6-19(7-11-21)15-17(5-12-25-19)20-8-3-2-4-9-20/h17H,2-16H2,1H3. The molecule has 3 aliphatic rings. The van der Waals surface area contributed by atoms with Gasteiger partial charge in [-0.1, -0.05) is 6.42 Å². The summed E-state index contributed by atoms with van der Waals surface area (Å²) in [6, 6.07) is 0.675. The average Bonchev–Trinajstić information content (AvgIpc) is 2.66. The molecular weight excluding hydrogens is 320 g/mol. The van der Waals surface area contributed by atoms with Gasteiger partial charge in [-0.15, -0.1) is 0 Å². The Balaban J connectivity index is 1.44. The predicted octanol–water partition coefficient (Wildman–Crippen LogP) is 1.68. The molecule has 0 saturated carbocycles. The highest BCUT2D eigenvalue weighted by molar-refractivity contribution is 5.77. The van der Waals surface area contributed by atoms with Crippen molar-refractivity contribution in [1.29, 1.82) is 0 Å². The summed E-state index contributed by atoms with van der Waals surface area (Å²) in [7, 11) is 1.64. The van der Waals surface area contributed by atoms with Crippen LogP contribution in [0.2, 0.25) is 0 Å². The first-order valence-electron chi connectivity index (χ1n) is 9.95. The van der Waals surface area contributed by atoms with Crippen LogP contribution in [0.5, 0.6) is 0 Å². The van der Waals surface area contributed by atoms with Gasteiger partial charge in [0, 0.05) is 32.8 Å². The Bertz CT molecular complexity index is 418. The fraction of sp³-hybridized carbons (Fsp3) is 0.947. The van der Waals surface area contributed by atoms with Gasteiger partial charge in [0.05, 0.1) is 18.8 Å². The van der Waals surface area contributed by atoms with Crippen molar-refractivity contribution in [2.45, 2.75) is 56.6 Å². The molecule has 3 saturated heterocycles. The van der Waals surface area contributed by atoms with Crippen molar-refractivity contribution in [3.63, 3.8) is 0 Å². The third kappa shape index (κ3) is 5.16. The lowest BCUT2D eigenvalue weighted by molar-refractivity contribution is -0.153. The van der Waals surface area contributed by atoms with E-state index in [1.807, 2.05) is 4.90 Å². The molecule has 3 aliphatic heterocycles. The van der Waals surface area contributed by atoms with E-state index in [9.17, 15) is 4.79 Å². The van der Waals surface area contributed by atoms with Crippen molar-refractivity contribution < 1.29 is 19.0 Å². The monoisotopic (exact) mass is 354 g/mol. The summed E-state index contributed by atoms with van der Waals surface area (Å²) >= 11 is 0. The highest BCUT2D eigenvalue weighted by Gasteiger charge is 2.42. The summed E-state index contributed by atoms with van der Waals surface area (Å²) in [4.78, 5) is 16.9. The van der Waals surface area contributed by atoms with Crippen LogP contribution in [-0.4, -0.2) is 87.1 Å². The second-order valence-corrected chi connectivity index (χ2v) is 7.70. The van der Waals surface area contributed by atoms with Gasteiger partial charge in [0.15, 0.2) is 0 Å². The topological polar surface area (TPSA) is 51.2 Å². The van der Waals surface area contributed by atoms with Gasteiger partial charge in [0.1, 0.15) is 6.61 Å². The summed E-state index contributed by atoms with van der Waals surface area (Å²) in [6.07, 6.45) is 8.29. The summed E-state index contributed by atoms with van der Waals surface area (Å²) in [5, 5.41) is 0. The SMILES string of the molecule is COCCOCC(=O)N1CCC2(CC1)CC(N1CCCCC1)CCO2. The highest BCUT2D eigenvalue weighted by Crippen LogP contribution is 2.37. The number of rotatable bonds is 6. The molecule has 0 aromatic carbocycles. The molecule has 1 atom stereocenters. The van der Waals surface area contributed by atoms with Gasteiger partial charge in [-0.05, 0) is 51.6 Å². The molecule has 0 radical (unpaired) electrons. The Morgan fingerprint density at radius 2 is 1.88 bits per heavy atom. The minimum absolute atomic E-state index is 0.00590. The molecule has 0 N–H and O–H groups in total. The number of hydrogen-bond acceptors (Lipinski definition) is 5. The zero-order valence-electron chi connectivity index (χ0n) is 15.7. The molecule has 144 valence electrons. The average molecular weight is 354 g/mol. The van der Waals surface area contributed by atoms with Crippen LogP contribution in [0.25, 0.3) is 0 Å². The van der Waals surface area contributed by atoms with Gasteiger partial charge in [-0.2, -0.15) is 0 Å². The fourth-order valence-corrected chi connectivity index (χ4v) is 4.50. The minimum atomic E-state index is -0.00590. The van der Waals surface area contributed by atoms with E-state index in [1.54, 1.807) is 7.11 Å². The van der Waals surface area contributed by atoms with Gasteiger partial charge in [0.2, 0.25) is 5.91 Å². The number of ether oxygens (including phenoxy) is 3. The van der Waals surface area contributed by atoms with E-state index < -0.39 is 0 Å². The van der Waals surface area contributed by atoms with Gasteiger partial charge in [-0.25, -0.2) is 0 Å². The molecule has 3 rings (SSSR count).